The predicted molar refractivity (Wildman–Crippen MR) is 81.8 cm³/mol. The van der Waals surface area contributed by atoms with E-state index in [1.807, 2.05) is 30.3 Å². The molecule has 0 spiro atoms. The summed E-state index contributed by atoms with van der Waals surface area (Å²) in [5.74, 6) is -2.56. The Labute approximate surface area is 126 Å². The fourth-order valence-corrected chi connectivity index (χ4v) is 1.66. The number of hydrogen-bond donors (Lipinski definition) is 2. The van der Waals surface area contributed by atoms with Crippen LogP contribution < -0.4 is 10.7 Å². The van der Waals surface area contributed by atoms with Gasteiger partial charge in [0.2, 0.25) is 0 Å². The van der Waals surface area contributed by atoms with Gasteiger partial charge in [-0.25, -0.2) is 9.82 Å². The smallest absolute Gasteiger partial charge is 0.315 e. The van der Waals surface area contributed by atoms with Gasteiger partial charge in [0.1, 0.15) is 5.82 Å². The van der Waals surface area contributed by atoms with Crippen LogP contribution in [0.1, 0.15) is 5.56 Å². The van der Waals surface area contributed by atoms with Crippen molar-refractivity contribution >= 4 is 23.7 Å². The van der Waals surface area contributed by atoms with Crippen LogP contribution in [-0.2, 0) is 16.0 Å². The van der Waals surface area contributed by atoms with Crippen LogP contribution in [0.5, 0.6) is 0 Å². The molecule has 0 saturated heterocycles. The molecule has 0 fully saturated rings. The summed E-state index contributed by atoms with van der Waals surface area (Å²) in [6.07, 6.45) is 2.00. The van der Waals surface area contributed by atoms with E-state index < -0.39 is 17.6 Å². The summed E-state index contributed by atoms with van der Waals surface area (Å²) < 4.78 is 13.3. The molecule has 0 aliphatic heterocycles. The first-order valence-electron chi connectivity index (χ1n) is 6.58. The Balaban J connectivity index is 1.82. The zero-order chi connectivity index (χ0) is 15.8. The van der Waals surface area contributed by atoms with Crippen LogP contribution in [0.15, 0.2) is 59.7 Å². The zero-order valence-electron chi connectivity index (χ0n) is 11.6. The number of nitrogens with zero attached hydrogens (tertiary/aromatic N) is 1. The summed E-state index contributed by atoms with van der Waals surface area (Å²) in [5, 5.41) is 5.84. The highest BCUT2D eigenvalue weighted by Crippen LogP contribution is 2.11. The molecule has 5 nitrogen and oxygen atoms in total. The van der Waals surface area contributed by atoms with E-state index in [9.17, 15) is 14.0 Å². The summed E-state index contributed by atoms with van der Waals surface area (Å²) >= 11 is 0. The predicted octanol–water partition coefficient (Wildman–Crippen LogP) is 2.11. The lowest BCUT2D eigenvalue weighted by molar-refractivity contribution is -0.136. The maximum atomic E-state index is 13.3. The number of para-hydroxylation sites is 1. The summed E-state index contributed by atoms with van der Waals surface area (Å²) in [6.45, 7) is 0. The van der Waals surface area contributed by atoms with Crippen LogP contribution in [0, 0.1) is 5.82 Å². The van der Waals surface area contributed by atoms with Crippen molar-refractivity contribution in [2.24, 2.45) is 5.10 Å². The van der Waals surface area contributed by atoms with Crippen molar-refractivity contribution in [2.45, 2.75) is 6.42 Å². The second-order valence-corrected chi connectivity index (χ2v) is 4.38. The van der Waals surface area contributed by atoms with Crippen molar-refractivity contribution in [1.82, 2.24) is 5.43 Å². The molecule has 0 saturated carbocycles. The Kier molecular flexibility index (Phi) is 5.37. The van der Waals surface area contributed by atoms with E-state index in [1.54, 1.807) is 6.07 Å². The first kappa shape index (κ1) is 15.4. The van der Waals surface area contributed by atoms with Crippen LogP contribution >= 0.6 is 0 Å². The second-order valence-electron chi connectivity index (χ2n) is 4.38. The highest BCUT2D eigenvalue weighted by molar-refractivity contribution is 6.39. The van der Waals surface area contributed by atoms with Crippen LogP contribution in [0.3, 0.4) is 0 Å². The quantitative estimate of drug-likeness (QED) is 0.515. The van der Waals surface area contributed by atoms with Gasteiger partial charge in [-0.05, 0) is 17.7 Å². The van der Waals surface area contributed by atoms with Gasteiger partial charge >= 0.3 is 11.8 Å². The molecule has 112 valence electrons. The van der Waals surface area contributed by atoms with Gasteiger partial charge in [0.25, 0.3) is 0 Å². The number of carbonyl (C=O) groups excluding carboxylic acids is 2. The minimum absolute atomic E-state index is 0.0593. The number of halogens is 1. The number of amides is 2. The Hall–Kier alpha value is -3.02. The highest BCUT2D eigenvalue weighted by atomic mass is 19.1. The number of anilines is 1. The van der Waals surface area contributed by atoms with E-state index in [1.165, 1.54) is 24.4 Å². The number of hydrazone groups is 1. The molecule has 2 aromatic carbocycles. The number of benzene rings is 2. The van der Waals surface area contributed by atoms with Gasteiger partial charge in [-0.15, -0.1) is 0 Å². The molecule has 0 aromatic heterocycles. The second kappa shape index (κ2) is 7.68. The first-order valence-corrected chi connectivity index (χ1v) is 6.58. The van der Waals surface area contributed by atoms with Crippen molar-refractivity contribution in [2.75, 3.05) is 5.32 Å². The van der Waals surface area contributed by atoms with Gasteiger partial charge in [0.15, 0.2) is 0 Å². The van der Waals surface area contributed by atoms with Gasteiger partial charge in [-0.1, -0.05) is 42.5 Å². The lowest BCUT2D eigenvalue weighted by atomic mass is 10.2. The fourth-order valence-electron chi connectivity index (χ4n) is 1.66. The molecule has 0 aliphatic rings. The third-order valence-electron chi connectivity index (χ3n) is 2.76. The molecule has 6 heteroatoms. The van der Waals surface area contributed by atoms with Crippen molar-refractivity contribution in [3.8, 4) is 0 Å². The maximum Gasteiger partial charge on any atom is 0.329 e. The van der Waals surface area contributed by atoms with E-state index >= 15 is 0 Å². The van der Waals surface area contributed by atoms with Crippen molar-refractivity contribution < 1.29 is 14.0 Å². The molecule has 2 amide bonds. The monoisotopic (exact) mass is 299 g/mol. The molecule has 0 aliphatic carbocycles. The molecule has 2 rings (SSSR count). The lowest BCUT2D eigenvalue weighted by Gasteiger charge is -2.04. The standard InChI is InChI=1S/C16H14FN3O2/c17-13-8-4-5-9-14(13)19-15(21)16(22)20-18-11-10-12-6-2-1-3-7-12/h1-9,11H,10H2,(H,19,21)(H,20,22). The van der Waals surface area contributed by atoms with Gasteiger partial charge in [-0.2, -0.15) is 5.10 Å². The Morgan fingerprint density at radius 2 is 1.68 bits per heavy atom. The van der Waals surface area contributed by atoms with Gasteiger partial charge in [-0.3, -0.25) is 9.59 Å². The van der Waals surface area contributed by atoms with E-state index in [2.05, 4.69) is 15.8 Å². The summed E-state index contributed by atoms with van der Waals surface area (Å²) in [4.78, 5) is 23.1. The third-order valence-corrected chi connectivity index (χ3v) is 2.76. The molecule has 0 atom stereocenters. The van der Waals surface area contributed by atoms with Gasteiger partial charge < -0.3 is 5.32 Å². The Bertz CT molecular complexity index is 687. The number of rotatable bonds is 4. The Morgan fingerprint density at radius 1 is 1.00 bits per heavy atom. The molecule has 0 bridgehead atoms. The van der Waals surface area contributed by atoms with Crippen LogP contribution in [0.25, 0.3) is 0 Å². The average Bonchev–Trinajstić information content (AvgIpc) is 2.54. The highest BCUT2D eigenvalue weighted by Gasteiger charge is 2.14. The summed E-state index contributed by atoms with van der Waals surface area (Å²) in [7, 11) is 0. The minimum atomic E-state index is -0.984. The number of nitrogens with one attached hydrogen (secondary N) is 2. The Morgan fingerprint density at radius 3 is 2.41 bits per heavy atom. The normalized spacial score (nSPS) is 10.4. The minimum Gasteiger partial charge on any atom is -0.315 e. The fraction of sp³-hybridized carbons (Fsp3) is 0.0625. The van der Waals surface area contributed by atoms with E-state index in [-0.39, 0.29) is 5.69 Å². The van der Waals surface area contributed by atoms with E-state index in [4.69, 9.17) is 0 Å². The van der Waals surface area contributed by atoms with Gasteiger partial charge in [0, 0.05) is 12.6 Å². The first-order chi connectivity index (χ1) is 10.7. The SMILES string of the molecule is O=C(NN=CCc1ccccc1)C(=O)Nc1ccccc1F. The average molecular weight is 299 g/mol. The molecule has 2 aromatic rings. The largest absolute Gasteiger partial charge is 0.329 e. The van der Waals surface area contributed by atoms with Crippen molar-refractivity contribution in [3.05, 3.63) is 66.0 Å². The van der Waals surface area contributed by atoms with Crippen molar-refractivity contribution in [1.29, 1.82) is 0 Å². The molecule has 0 radical (unpaired) electrons. The molecule has 0 unspecified atom stereocenters. The van der Waals surface area contributed by atoms with Crippen LogP contribution in [0.4, 0.5) is 10.1 Å². The van der Waals surface area contributed by atoms with E-state index in [0.717, 1.165) is 5.56 Å². The number of hydrogen-bond acceptors (Lipinski definition) is 3. The summed E-state index contributed by atoms with van der Waals surface area (Å²) in [5.41, 5.74) is 3.05. The molecule has 22 heavy (non-hydrogen) atoms. The molecular formula is C16H14FN3O2. The lowest BCUT2D eigenvalue weighted by Crippen LogP contribution is -2.32. The van der Waals surface area contributed by atoms with Crippen molar-refractivity contribution in [3.63, 3.8) is 0 Å². The van der Waals surface area contributed by atoms with Crippen LogP contribution in [0.2, 0.25) is 0 Å². The molecule has 0 heterocycles. The van der Waals surface area contributed by atoms with E-state index in [0.29, 0.717) is 6.42 Å². The molecular weight excluding hydrogens is 285 g/mol. The molecule has 2 N–H and O–H groups in total. The van der Waals surface area contributed by atoms with Crippen LogP contribution in [-0.4, -0.2) is 18.0 Å². The van der Waals surface area contributed by atoms with Gasteiger partial charge in [0.05, 0.1) is 5.69 Å². The topological polar surface area (TPSA) is 70.6 Å². The zero-order valence-corrected chi connectivity index (χ0v) is 11.6. The maximum absolute atomic E-state index is 13.3. The number of carbonyl (C=O) groups is 2. The third kappa shape index (κ3) is 4.52. The summed E-state index contributed by atoms with van der Waals surface area (Å²) in [6, 6.07) is 15.1.